The van der Waals surface area contributed by atoms with Crippen molar-refractivity contribution >= 4 is 38.7 Å². The molecule has 1 heterocycles. The van der Waals surface area contributed by atoms with E-state index in [1.165, 1.54) is 12.1 Å². The van der Waals surface area contributed by atoms with E-state index in [4.69, 9.17) is 5.73 Å². The van der Waals surface area contributed by atoms with E-state index in [9.17, 15) is 18.0 Å². The molecule has 0 bridgehead atoms. The predicted octanol–water partition coefficient (Wildman–Crippen LogP) is 4.32. The molecule has 3 aromatic rings. The number of Topliss-reactive ketones (excluding diaryl/α,β-unsaturated/α-hetero) is 1. The van der Waals surface area contributed by atoms with Gasteiger partial charge in [0, 0.05) is 12.6 Å². The van der Waals surface area contributed by atoms with Crippen LogP contribution in [-0.2, 0) is 7.05 Å². The Balaban J connectivity index is 0.000000195. The third-order valence-corrected chi connectivity index (χ3v) is 3.86. The normalized spacial score (nSPS) is 11.0. The van der Waals surface area contributed by atoms with E-state index in [0.717, 1.165) is 23.2 Å². The summed E-state index contributed by atoms with van der Waals surface area (Å²) in [6.07, 6.45) is -4.71. The van der Waals surface area contributed by atoms with Gasteiger partial charge in [-0.05, 0) is 36.4 Å². The standard InChI is InChI=1S/C9H6BrF3O2.C8H9N3/c10-5-8(14)6-1-3-7(4-2-6)15-9(11,12)13;1-11-7-5-3-2-4-6(7)10-8(11)9/h1-4H,5H2;2-5H,1H3,(H2,9,10). The summed E-state index contributed by atoms with van der Waals surface area (Å²) in [7, 11) is 1.91. The Bertz CT molecular complexity index is 892. The van der Waals surface area contributed by atoms with Crippen molar-refractivity contribution in [3.63, 3.8) is 0 Å². The van der Waals surface area contributed by atoms with Gasteiger partial charge in [0.15, 0.2) is 5.78 Å². The maximum atomic E-state index is 11.8. The molecule has 0 fully saturated rings. The number of halogens is 4. The molecule has 9 heteroatoms. The molecule has 0 radical (unpaired) electrons. The fraction of sp³-hybridized carbons (Fsp3) is 0.176. The highest BCUT2D eigenvalue weighted by atomic mass is 79.9. The van der Waals surface area contributed by atoms with Crippen LogP contribution in [-0.4, -0.2) is 27.0 Å². The SMILES string of the molecule is Cn1c(N)nc2ccccc21.O=C(CBr)c1ccc(OC(F)(F)F)cc1. The van der Waals surface area contributed by atoms with Crippen LogP contribution in [0.5, 0.6) is 5.75 Å². The van der Waals surface area contributed by atoms with Crippen molar-refractivity contribution in [3.05, 3.63) is 54.1 Å². The molecular weight excluding hydrogens is 415 g/mol. The lowest BCUT2D eigenvalue weighted by Crippen LogP contribution is -2.17. The molecule has 0 spiro atoms. The van der Waals surface area contributed by atoms with E-state index >= 15 is 0 Å². The number of aryl methyl sites for hydroxylation is 1. The highest BCUT2D eigenvalue weighted by Gasteiger charge is 2.30. The number of nitrogen functional groups attached to an aromatic ring is 1. The van der Waals surface area contributed by atoms with Crippen molar-refractivity contribution in [3.8, 4) is 5.75 Å². The maximum absolute atomic E-state index is 11.8. The molecule has 0 amide bonds. The number of anilines is 1. The van der Waals surface area contributed by atoms with Gasteiger partial charge in [0.05, 0.1) is 16.4 Å². The largest absolute Gasteiger partial charge is 0.573 e. The van der Waals surface area contributed by atoms with Gasteiger partial charge in [-0.1, -0.05) is 28.1 Å². The van der Waals surface area contributed by atoms with Crippen LogP contribution in [0.1, 0.15) is 10.4 Å². The fourth-order valence-electron chi connectivity index (χ4n) is 2.08. The number of carbonyl (C=O) groups excluding carboxylic acids is 1. The summed E-state index contributed by atoms with van der Waals surface area (Å²) in [4.78, 5) is 15.3. The smallest absolute Gasteiger partial charge is 0.406 e. The second-order valence-electron chi connectivity index (χ2n) is 5.15. The topological polar surface area (TPSA) is 70.1 Å². The number of para-hydroxylation sites is 2. The minimum absolute atomic E-state index is 0.131. The molecule has 2 aromatic carbocycles. The number of hydrogen-bond donors (Lipinski definition) is 1. The van der Waals surface area contributed by atoms with Crippen LogP contribution in [0.3, 0.4) is 0 Å². The van der Waals surface area contributed by atoms with Gasteiger partial charge in [0.1, 0.15) is 5.75 Å². The van der Waals surface area contributed by atoms with Crippen LogP contribution in [0.15, 0.2) is 48.5 Å². The van der Waals surface area contributed by atoms with Gasteiger partial charge in [-0.2, -0.15) is 0 Å². The number of benzene rings is 2. The molecule has 1 aromatic heterocycles. The van der Waals surface area contributed by atoms with E-state index in [2.05, 4.69) is 25.7 Å². The van der Waals surface area contributed by atoms with E-state index < -0.39 is 6.36 Å². The number of imidazole rings is 1. The Morgan fingerprint density at radius 3 is 2.35 bits per heavy atom. The number of ether oxygens (including phenoxy) is 1. The van der Waals surface area contributed by atoms with Crippen molar-refractivity contribution in [2.75, 3.05) is 11.1 Å². The first-order valence-electron chi connectivity index (χ1n) is 7.33. The van der Waals surface area contributed by atoms with E-state index in [1.807, 2.05) is 35.9 Å². The number of carbonyl (C=O) groups is 1. The zero-order chi connectivity index (χ0) is 19.3. The molecule has 138 valence electrons. The van der Waals surface area contributed by atoms with Crippen LogP contribution in [0.4, 0.5) is 19.1 Å². The number of fused-ring (bicyclic) bond motifs is 1. The van der Waals surface area contributed by atoms with Crippen LogP contribution in [0, 0.1) is 0 Å². The Hall–Kier alpha value is -2.55. The number of aromatic nitrogens is 2. The zero-order valence-electron chi connectivity index (χ0n) is 13.6. The van der Waals surface area contributed by atoms with Crippen LogP contribution >= 0.6 is 15.9 Å². The van der Waals surface area contributed by atoms with Gasteiger partial charge in [-0.3, -0.25) is 4.79 Å². The molecule has 0 unspecified atom stereocenters. The molecule has 5 nitrogen and oxygen atoms in total. The van der Waals surface area contributed by atoms with Crippen LogP contribution < -0.4 is 10.5 Å². The fourth-order valence-corrected chi connectivity index (χ4v) is 2.41. The van der Waals surface area contributed by atoms with Crippen molar-refractivity contribution in [2.24, 2.45) is 7.05 Å². The first-order chi connectivity index (χ1) is 12.2. The molecule has 0 saturated heterocycles. The molecule has 0 aliphatic carbocycles. The van der Waals surface area contributed by atoms with Crippen LogP contribution in [0.2, 0.25) is 0 Å². The summed E-state index contributed by atoms with van der Waals surface area (Å²) < 4.78 is 40.8. The van der Waals surface area contributed by atoms with Gasteiger partial charge >= 0.3 is 6.36 Å². The van der Waals surface area contributed by atoms with Gasteiger partial charge < -0.3 is 15.0 Å². The highest BCUT2D eigenvalue weighted by molar-refractivity contribution is 9.09. The summed E-state index contributed by atoms with van der Waals surface area (Å²) in [6.45, 7) is 0. The average Bonchev–Trinajstić information content (AvgIpc) is 2.89. The minimum Gasteiger partial charge on any atom is -0.406 e. The number of nitrogens with two attached hydrogens (primary N) is 1. The molecule has 0 atom stereocenters. The Kier molecular flexibility index (Phi) is 6.25. The quantitative estimate of drug-likeness (QED) is 0.497. The highest BCUT2D eigenvalue weighted by Crippen LogP contribution is 2.22. The summed E-state index contributed by atoms with van der Waals surface area (Å²) >= 11 is 2.96. The number of hydrogen-bond acceptors (Lipinski definition) is 4. The summed E-state index contributed by atoms with van der Waals surface area (Å²) in [6, 6.07) is 12.6. The summed E-state index contributed by atoms with van der Waals surface area (Å²) in [5, 5.41) is 0.131. The van der Waals surface area contributed by atoms with Crippen molar-refractivity contribution in [1.29, 1.82) is 0 Å². The van der Waals surface area contributed by atoms with Crippen molar-refractivity contribution < 1.29 is 22.7 Å². The monoisotopic (exact) mass is 429 g/mol. The number of ketones is 1. The van der Waals surface area contributed by atoms with E-state index in [0.29, 0.717) is 11.5 Å². The van der Waals surface area contributed by atoms with Crippen molar-refractivity contribution in [1.82, 2.24) is 9.55 Å². The second kappa shape index (κ2) is 8.22. The minimum atomic E-state index is -4.71. The van der Waals surface area contributed by atoms with Crippen LogP contribution in [0.25, 0.3) is 11.0 Å². The zero-order valence-corrected chi connectivity index (χ0v) is 15.2. The molecule has 0 saturated carbocycles. The first-order valence-corrected chi connectivity index (χ1v) is 8.45. The predicted molar refractivity (Wildman–Crippen MR) is 96.4 cm³/mol. The molecule has 2 N–H and O–H groups in total. The first kappa shape index (κ1) is 19.8. The molecule has 0 aliphatic heterocycles. The van der Waals surface area contributed by atoms with Crippen molar-refractivity contribution in [2.45, 2.75) is 6.36 Å². The van der Waals surface area contributed by atoms with E-state index in [-0.39, 0.29) is 16.9 Å². The Labute approximate surface area is 155 Å². The number of rotatable bonds is 3. The summed E-state index contributed by atoms with van der Waals surface area (Å²) in [5.41, 5.74) is 7.96. The lowest BCUT2D eigenvalue weighted by Gasteiger charge is -2.08. The molecular formula is C17H15BrF3N3O2. The lowest BCUT2D eigenvalue weighted by atomic mass is 10.1. The van der Waals surface area contributed by atoms with E-state index in [1.54, 1.807) is 0 Å². The van der Waals surface area contributed by atoms with Gasteiger partial charge in [-0.15, -0.1) is 13.2 Å². The number of nitrogens with zero attached hydrogens (tertiary/aromatic N) is 2. The molecule has 0 aliphatic rings. The van der Waals surface area contributed by atoms with Gasteiger partial charge in [0.2, 0.25) is 5.95 Å². The Morgan fingerprint density at radius 2 is 1.81 bits per heavy atom. The maximum Gasteiger partial charge on any atom is 0.573 e. The molecule has 3 rings (SSSR count). The number of alkyl halides is 4. The summed E-state index contributed by atoms with van der Waals surface area (Å²) in [5.74, 6) is 0.0216. The average molecular weight is 430 g/mol. The van der Waals surface area contributed by atoms with Gasteiger partial charge in [0.25, 0.3) is 0 Å². The Morgan fingerprint density at radius 1 is 1.19 bits per heavy atom. The third kappa shape index (κ3) is 5.22. The molecule has 26 heavy (non-hydrogen) atoms. The second-order valence-corrected chi connectivity index (χ2v) is 5.71. The van der Waals surface area contributed by atoms with Gasteiger partial charge in [-0.25, -0.2) is 4.98 Å². The third-order valence-electron chi connectivity index (χ3n) is 3.35. The lowest BCUT2D eigenvalue weighted by molar-refractivity contribution is -0.274.